The summed E-state index contributed by atoms with van der Waals surface area (Å²) >= 11 is 0. The van der Waals surface area contributed by atoms with Gasteiger partial charge in [0.05, 0.1) is 10.9 Å². The third kappa shape index (κ3) is 1.62. The van der Waals surface area contributed by atoms with E-state index in [2.05, 4.69) is 5.32 Å². The molecule has 4 aliphatic heterocycles. The Bertz CT molecular complexity index is 1330. The number of amides is 2. The number of nitrogens with one attached hydrogen (secondary N) is 1. The first-order valence-electron chi connectivity index (χ1n) is 9.61. The molecule has 2 aromatic carbocycles. The number of para-hydroxylation sites is 2. The lowest BCUT2D eigenvalue weighted by atomic mass is 9.58. The van der Waals surface area contributed by atoms with Crippen molar-refractivity contribution in [3.8, 4) is 0 Å². The van der Waals surface area contributed by atoms with Crippen molar-refractivity contribution in [1.82, 2.24) is 14.9 Å². The van der Waals surface area contributed by atoms with E-state index in [1.165, 1.54) is 4.57 Å². The summed E-state index contributed by atoms with van der Waals surface area (Å²) in [5, 5.41) is 3.53. The first-order valence-corrected chi connectivity index (χ1v) is 9.61. The highest BCUT2D eigenvalue weighted by Gasteiger charge is 2.70. The van der Waals surface area contributed by atoms with Gasteiger partial charge in [-0.25, -0.2) is 4.98 Å². The molecule has 1 aromatic heterocycles. The topological polar surface area (TPSA) is 84.3 Å². The molecule has 0 radical (unpaired) electrons. The zero-order valence-corrected chi connectivity index (χ0v) is 16.0. The highest BCUT2D eigenvalue weighted by atomic mass is 16.2. The molecule has 1 N–H and O–H groups in total. The average molecular weight is 386 g/mol. The fraction of sp³-hybridized carbons (Fsp3) is 0.273. The molecule has 1 saturated heterocycles. The molecule has 5 heterocycles. The highest BCUT2D eigenvalue weighted by Crippen LogP contribution is 2.59. The van der Waals surface area contributed by atoms with Crippen LogP contribution in [0.4, 0.5) is 5.69 Å². The second-order valence-electron chi connectivity index (χ2n) is 8.25. The van der Waals surface area contributed by atoms with Crippen molar-refractivity contribution in [2.75, 3.05) is 11.9 Å². The van der Waals surface area contributed by atoms with Crippen LogP contribution in [0.5, 0.6) is 0 Å². The molecular formula is C22H18N4O3. The second kappa shape index (κ2) is 4.92. The van der Waals surface area contributed by atoms with Gasteiger partial charge in [-0.1, -0.05) is 30.3 Å². The van der Waals surface area contributed by atoms with Crippen molar-refractivity contribution in [2.45, 2.75) is 30.3 Å². The maximum Gasteiger partial charge on any atom is 0.262 e. The number of anilines is 1. The molecule has 7 rings (SSSR count). The van der Waals surface area contributed by atoms with E-state index in [1.54, 1.807) is 30.1 Å². The number of aromatic nitrogens is 2. The smallest absolute Gasteiger partial charge is 0.262 e. The van der Waals surface area contributed by atoms with Crippen LogP contribution in [-0.2, 0) is 20.5 Å². The highest BCUT2D eigenvalue weighted by molar-refractivity contribution is 6.10. The number of hydrogen-bond acceptors (Lipinski definition) is 4. The van der Waals surface area contributed by atoms with Crippen LogP contribution in [0.2, 0.25) is 0 Å². The van der Waals surface area contributed by atoms with Gasteiger partial charge in [-0.2, -0.15) is 0 Å². The van der Waals surface area contributed by atoms with Crippen LogP contribution in [0.25, 0.3) is 10.9 Å². The van der Waals surface area contributed by atoms with Crippen molar-refractivity contribution >= 4 is 28.4 Å². The molecule has 3 atom stereocenters. The van der Waals surface area contributed by atoms with Gasteiger partial charge in [0.25, 0.3) is 5.56 Å². The monoisotopic (exact) mass is 386 g/mol. The van der Waals surface area contributed by atoms with Crippen LogP contribution in [-0.4, -0.2) is 28.4 Å². The van der Waals surface area contributed by atoms with E-state index in [0.29, 0.717) is 16.7 Å². The van der Waals surface area contributed by atoms with Crippen LogP contribution in [0.3, 0.4) is 0 Å². The second-order valence-corrected chi connectivity index (χ2v) is 8.25. The van der Waals surface area contributed by atoms with Gasteiger partial charge >= 0.3 is 0 Å². The Morgan fingerprint density at radius 3 is 2.62 bits per heavy atom. The fourth-order valence-corrected chi connectivity index (χ4v) is 5.58. The van der Waals surface area contributed by atoms with Gasteiger partial charge in [0, 0.05) is 12.7 Å². The predicted octanol–water partition coefficient (Wildman–Crippen LogP) is 1.60. The lowest BCUT2D eigenvalue weighted by molar-refractivity contribution is -0.143. The number of benzene rings is 2. The molecule has 0 unspecified atom stereocenters. The molecule has 29 heavy (non-hydrogen) atoms. The molecule has 7 heteroatoms. The number of carbonyl (C=O) groups is 2. The first-order chi connectivity index (χ1) is 13.9. The summed E-state index contributed by atoms with van der Waals surface area (Å²) < 4.78 is 1.50. The van der Waals surface area contributed by atoms with Crippen LogP contribution < -0.4 is 15.8 Å². The molecule has 1 fully saturated rings. The summed E-state index contributed by atoms with van der Waals surface area (Å²) in [6.07, 6.45) is 0.239. The first kappa shape index (κ1) is 16.5. The standard InChI is InChI=1S/C22H18N4O3/c1-21-19-23-14-9-5-3-7-12(14)18(28)26(19)16(17(27)24-21)11-22(21)13-8-4-6-10-15(13)25(2)20(22)29/h3-10,16H,11H2,1-2H3,(H,24,27)/t16-,21-,22+/m0/s1. The van der Waals surface area contributed by atoms with E-state index < -0.39 is 17.0 Å². The van der Waals surface area contributed by atoms with Crippen LogP contribution in [0, 0.1) is 0 Å². The Kier molecular flexibility index (Phi) is 2.79. The minimum Gasteiger partial charge on any atom is -0.340 e. The van der Waals surface area contributed by atoms with E-state index >= 15 is 0 Å². The molecule has 0 saturated carbocycles. The molecule has 0 aliphatic carbocycles. The van der Waals surface area contributed by atoms with E-state index in [4.69, 9.17) is 4.98 Å². The van der Waals surface area contributed by atoms with Gasteiger partial charge in [-0.05, 0) is 37.1 Å². The predicted molar refractivity (Wildman–Crippen MR) is 107 cm³/mol. The lowest BCUT2D eigenvalue weighted by Crippen LogP contribution is -2.73. The van der Waals surface area contributed by atoms with Gasteiger partial charge < -0.3 is 10.2 Å². The van der Waals surface area contributed by atoms with Gasteiger partial charge in [-0.3, -0.25) is 19.0 Å². The summed E-state index contributed by atoms with van der Waals surface area (Å²) in [5.74, 6) is 0.111. The largest absolute Gasteiger partial charge is 0.340 e. The van der Waals surface area contributed by atoms with Crippen LogP contribution >= 0.6 is 0 Å². The van der Waals surface area contributed by atoms with Gasteiger partial charge in [-0.15, -0.1) is 0 Å². The average Bonchev–Trinajstić information content (AvgIpc) is 2.93. The molecule has 2 bridgehead atoms. The number of carbonyl (C=O) groups excluding carboxylic acids is 2. The molecular weight excluding hydrogens is 368 g/mol. The molecule has 7 nitrogen and oxygen atoms in total. The van der Waals surface area contributed by atoms with Crippen molar-refractivity contribution in [3.63, 3.8) is 0 Å². The Balaban J connectivity index is 1.75. The third-order valence-corrected chi connectivity index (χ3v) is 6.99. The van der Waals surface area contributed by atoms with Crippen molar-refractivity contribution in [2.24, 2.45) is 0 Å². The van der Waals surface area contributed by atoms with Crippen molar-refractivity contribution in [3.05, 3.63) is 70.3 Å². The van der Waals surface area contributed by atoms with E-state index in [-0.39, 0.29) is 23.8 Å². The quantitative estimate of drug-likeness (QED) is 0.636. The molecule has 2 amide bonds. The maximum atomic E-state index is 13.7. The number of nitrogens with zero attached hydrogens (tertiary/aromatic N) is 3. The Morgan fingerprint density at radius 2 is 1.79 bits per heavy atom. The Morgan fingerprint density at radius 1 is 1.07 bits per heavy atom. The normalized spacial score (nSPS) is 29.3. The number of hydrogen-bond donors (Lipinski definition) is 1. The molecule has 1 spiro atoms. The summed E-state index contributed by atoms with van der Waals surface area (Å²) in [6.45, 7) is 1.82. The summed E-state index contributed by atoms with van der Waals surface area (Å²) in [5.41, 5.74) is -0.116. The van der Waals surface area contributed by atoms with Crippen LogP contribution in [0.1, 0.15) is 30.8 Å². The summed E-state index contributed by atoms with van der Waals surface area (Å²) in [7, 11) is 1.75. The maximum absolute atomic E-state index is 13.7. The van der Waals surface area contributed by atoms with Crippen molar-refractivity contribution < 1.29 is 9.59 Å². The van der Waals surface area contributed by atoms with E-state index in [1.807, 2.05) is 37.3 Å². The van der Waals surface area contributed by atoms with E-state index in [0.717, 1.165) is 11.3 Å². The van der Waals surface area contributed by atoms with Gasteiger partial charge in [0.15, 0.2) is 0 Å². The number of piperidine rings is 1. The Hall–Kier alpha value is -3.48. The zero-order valence-electron chi connectivity index (χ0n) is 16.0. The Labute approximate surface area is 166 Å². The SMILES string of the molecule is CN1C(=O)[C@@]2(C[C@H]3C(=O)N[C@@]2(C)c2nc4ccccc4c(=O)n23)c2ccccc21. The zero-order chi connectivity index (χ0) is 20.1. The number of fused-ring (bicyclic) bond motifs is 3. The van der Waals surface area contributed by atoms with Crippen molar-refractivity contribution in [1.29, 1.82) is 0 Å². The molecule has 144 valence electrons. The minimum absolute atomic E-state index is 0.0835. The van der Waals surface area contributed by atoms with Crippen LogP contribution in [0.15, 0.2) is 53.3 Å². The van der Waals surface area contributed by atoms with Gasteiger partial charge in [0.2, 0.25) is 11.8 Å². The van der Waals surface area contributed by atoms with E-state index in [9.17, 15) is 14.4 Å². The molecule has 4 aliphatic rings. The fourth-order valence-electron chi connectivity index (χ4n) is 5.58. The lowest BCUT2D eigenvalue weighted by Gasteiger charge is -2.55. The number of rotatable bonds is 0. The number of likely N-dealkylation sites (N-methyl/N-ethyl adjacent to an activating group) is 1. The van der Waals surface area contributed by atoms with Gasteiger partial charge in [0.1, 0.15) is 22.8 Å². The summed E-state index contributed by atoms with van der Waals surface area (Å²) in [4.78, 5) is 46.3. The molecule has 3 aromatic rings. The minimum atomic E-state index is -1.14. The third-order valence-electron chi connectivity index (χ3n) is 6.99. The summed E-state index contributed by atoms with van der Waals surface area (Å²) in [6, 6.07) is 14.0.